The van der Waals surface area contributed by atoms with Crippen LogP contribution in [0.5, 0.6) is 0 Å². The third-order valence-corrected chi connectivity index (χ3v) is 9.78. The zero-order valence-electron chi connectivity index (χ0n) is 29.5. The van der Waals surface area contributed by atoms with Crippen molar-refractivity contribution in [2.24, 2.45) is 11.8 Å². The Morgan fingerprint density at radius 1 is 0.381 bits per heavy atom. The van der Waals surface area contributed by atoms with Crippen molar-refractivity contribution in [3.8, 4) is 0 Å². The second-order valence-electron chi connectivity index (χ2n) is 13.8. The van der Waals surface area contributed by atoms with Gasteiger partial charge in [-0.25, -0.2) is 0 Å². The minimum absolute atomic E-state index is 0.496. The van der Waals surface area contributed by atoms with E-state index in [1.807, 2.05) is 0 Å². The van der Waals surface area contributed by atoms with Crippen LogP contribution < -0.4 is 0 Å². The molecule has 0 amide bonds. The summed E-state index contributed by atoms with van der Waals surface area (Å²) in [5.41, 5.74) is 0. The van der Waals surface area contributed by atoms with Crippen LogP contribution in [0.15, 0.2) is 0 Å². The molecule has 0 aliphatic carbocycles. The molecular weight excluding hydrogens is 535 g/mol. The largest absolute Gasteiger partial charge is 0.329 e. The maximum Gasteiger partial charge on any atom is 0.329 e. The summed E-state index contributed by atoms with van der Waals surface area (Å²) in [5, 5.41) is 0. The van der Waals surface area contributed by atoms with Crippen LogP contribution in [0.1, 0.15) is 220 Å². The van der Waals surface area contributed by atoms with Crippen molar-refractivity contribution in [2.45, 2.75) is 220 Å². The highest BCUT2D eigenvalue weighted by Crippen LogP contribution is 2.35. The van der Waals surface area contributed by atoms with Crippen molar-refractivity contribution < 1.29 is 13.9 Å². The molecule has 0 aliphatic rings. The predicted octanol–water partition coefficient (Wildman–Crippen LogP) is 14.3. The summed E-state index contributed by atoms with van der Waals surface area (Å²) in [7, 11) is -1.72. The highest BCUT2D eigenvalue weighted by Gasteiger charge is 2.12. The quantitative estimate of drug-likeness (QED) is 0.0563. The molecule has 2 unspecified atom stereocenters. The van der Waals surface area contributed by atoms with E-state index >= 15 is 0 Å². The van der Waals surface area contributed by atoms with Gasteiger partial charge in [0.1, 0.15) is 0 Å². The van der Waals surface area contributed by atoms with Gasteiger partial charge in [-0.1, -0.05) is 207 Å². The van der Waals surface area contributed by atoms with Crippen LogP contribution in [0.25, 0.3) is 0 Å². The van der Waals surface area contributed by atoms with E-state index in [2.05, 4.69) is 27.7 Å². The molecule has 0 rings (SSSR count). The Labute approximate surface area is 267 Å². The van der Waals surface area contributed by atoms with Gasteiger partial charge in [0.15, 0.2) is 0 Å². The van der Waals surface area contributed by atoms with Crippen LogP contribution in [0.3, 0.4) is 0 Å². The van der Waals surface area contributed by atoms with Crippen LogP contribution in [0, 0.1) is 11.8 Å². The van der Waals surface area contributed by atoms with Crippen molar-refractivity contribution in [2.75, 3.05) is 13.2 Å². The second-order valence-corrected chi connectivity index (χ2v) is 14.8. The molecule has 0 saturated heterocycles. The summed E-state index contributed by atoms with van der Waals surface area (Å²) in [6.07, 6.45) is 41.7. The third kappa shape index (κ3) is 34.8. The van der Waals surface area contributed by atoms with E-state index in [0.29, 0.717) is 25.0 Å². The number of hydrogen-bond donors (Lipinski definition) is 1. The highest BCUT2D eigenvalue weighted by atomic mass is 31.2. The van der Waals surface area contributed by atoms with E-state index in [-0.39, 0.29) is 0 Å². The molecule has 0 aromatic heterocycles. The topological polar surface area (TPSA) is 38.7 Å². The molecule has 3 nitrogen and oxygen atoms in total. The SMILES string of the molecule is CCCCCCCCCCCCCCCCC(C)COP(O)OCC(C)CCCCCCCCCCCCCCCC. The molecule has 42 heavy (non-hydrogen) atoms. The first-order valence-corrected chi connectivity index (χ1v) is 20.5. The van der Waals surface area contributed by atoms with Crippen molar-refractivity contribution in [1.29, 1.82) is 0 Å². The lowest BCUT2D eigenvalue weighted by atomic mass is 10.0. The van der Waals surface area contributed by atoms with Crippen LogP contribution in [-0.4, -0.2) is 18.1 Å². The lowest BCUT2D eigenvalue weighted by Gasteiger charge is -2.17. The molecule has 2 atom stereocenters. The molecule has 0 aliphatic heterocycles. The Hall–Kier alpha value is 0.310. The van der Waals surface area contributed by atoms with Crippen LogP contribution in [0.2, 0.25) is 0 Å². The van der Waals surface area contributed by atoms with Crippen molar-refractivity contribution in [1.82, 2.24) is 0 Å². The Morgan fingerprint density at radius 3 is 0.833 bits per heavy atom. The fourth-order valence-electron chi connectivity index (χ4n) is 5.96. The van der Waals surface area contributed by atoms with Gasteiger partial charge in [-0.15, -0.1) is 0 Å². The fraction of sp³-hybridized carbons (Fsp3) is 1.00. The number of rotatable bonds is 36. The zero-order valence-corrected chi connectivity index (χ0v) is 30.4. The van der Waals surface area contributed by atoms with E-state index in [9.17, 15) is 4.89 Å². The van der Waals surface area contributed by atoms with Gasteiger partial charge in [-0.05, 0) is 24.7 Å². The first kappa shape index (κ1) is 42.3. The molecule has 0 fully saturated rings. The third-order valence-electron chi connectivity index (χ3n) is 9.04. The van der Waals surface area contributed by atoms with Gasteiger partial charge >= 0.3 is 8.60 Å². The molecule has 0 saturated carbocycles. The van der Waals surface area contributed by atoms with E-state index in [0.717, 1.165) is 0 Å². The van der Waals surface area contributed by atoms with Gasteiger partial charge in [-0.2, -0.15) is 0 Å². The molecule has 0 spiro atoms. The van der Waals surface area contributed by atoms with E-state index < -0.39 is 8.60 Å². The van der Waals surface area contributed by atoms with Gasteiger partial charge in [0.05, 0.1) is 13.2 Å². The average Bonchev–Trinajstić information content (AvgIpc) is 2.99. The first-order valence-electron chi connectivity index (χ1n) is 19.3. The molecule has 0 heterocycles. The smallest absolute Gasteiger partial charge is 0.328 e. The predicted molar refractivity (Wildman–Crippen MR) is 189 cm³/mol. The molecule has 254 valence electrons. The summed E-state index contributed by atoms with van der Waals surface area (Å²) in [4.78, 5) is 10.2. The Kier molecular flexibility index (Phi) is 36.0. The molecule has 4 heteroatoms. The average molecular weight is 615 g/mol. The maximum absolute atomic E-state index is 10.2. The normalized spacial score (nSPS) is 13.9. The fourth-order valence-corrected chi connectivity index (χ4v) is 6.80. The monoisotopic (exact) mass is 615 g/mol. The Morgan fingerprint density at radius 2 is 0.595 bits per heavy atom. The van der Waals surface area contributed by atoms with Crippen molar-refractivity contribution in [3.63, 3.8) is 0 Å². The van der Waals surface area contributed by atoms with Gasteiger partial charge < -0.3 is 13.9 Å². The lowest BCUT2D eigenvalue weighted by Crippen LogP contribution is -2.07. The van der Waals surface area contributed by atoms with E-state index in [1.165, 1.54) is 193 Å². The first-order chi connectivity index (χ1) is 20.6. The summed E-state index contributed by atoms with van der Waals surface area (Å²) in [6.45, 7) is 10.3. The number of unbranched alkanes of at least 4 members (excludes halogenated alkanes) is 26. The molecule has 0 aromatic carbocycles. The van der Waals surface area contributed by atoms with Crippen LogP contribution in [-0.2, 0) is 9.05 Å². The molecule has 0 bridgehead atoms. The molecular formula is C38H79O3P. The maximum atomic E-state index is 10.2. The van der Waals surface area contributed by atoms with Gasteiger partial charge in [0.2, 0.25) is 0 Å². The minimum atomic E-state index is -1.72. The van der Waals surface area contributed by atoms with E-state index in [1.54, 1.807) is 0 Å². The highest BCUT2D eigenvalue weighted by molar-refractivity contribution is 7.40. The summed E-state index contributed by atoms with van der Waals surface area (Å²) in [6, 6.07) is 0. The van der Waals surface area contributed by atoms with Gasteiger partial charge in [0, 0.05) is 0 Å². The van der Waals surface area contributed by atoms with Gasteiger partial charge in [0.25, 0.3) is 0 Å². The summed E-state index contributed by atoms with van der Waals surface area (Å²) >= 11 is 0. The second kappa shape index (κ2) is 35.8. The number of hydrogen-bond acceptors (Lipinski definition) is 3. The van der Waals surface area contributed by atoms with Crippen molar-refractivity contribution in [3.05, 3.63) is 0 Å². The summed E-state index contributed by atoms with van der Waals surface area (Å²) < 4.78 is 11.3. The zero-order chi connectivity index (χ0) is 30.8. The Bertz CT molecular complexity index is 447. The summed E-state index contributed by atoms with van der Waals surface area (Å²) in [5.74, 6) is 0.993. The standard InChI is InChI=1S/C38H79O3P/c1-5-7-9-11-13-15-17-19-21-23-25-27-29-31-33-37(3)35-40-42(39)41-36-38(4)34-32-30-28-26-24-22-20-18-16-14-12-10-8-6-2/h37-39H,5-36H2,1-4H3. The Balaban J connectivity index is 3.37. The van der Waals surface area contributed by atoms with Crippen LogP contribution >= 0.6 is 8.60 Å². The van der Waals surface area contributed by atoms with Crippen LogP contribution in [0.4, 0.5) is 0 Å². The molecule has 0 radical (unpaired) electrons. The van der Waals surface area contributed by atoms with Crippen molar-refractivity contribution >= 4 is 8.60 Å². The van der Waals surface area contributed by atoms with Gasteiger partial charge in [-0.3, -0.25) is 0 Å². The lowest BCUT2D eigenvalue weighted by molar-refractivity contribution is 0.157. The molecule has 0 aromatic rings. The molecule has 1 N–H and O–H groups in total. The van der Waals surface area contributed by atoms with E-state index in [4.69, 9.17) is 9.05 Å². The minimum Gasteiger partial charge on any atom is -0.328 e.